The van der Waals surface area contributed by atoms with E-state index in [9.17, 15) is 9.59 Å². The highest BCUT2D eigenvalue weighted by molar-refractivity contribution is 5.97. The Balaban J connectivity index is 1.21. The lowest BCUT2D eigenvalue weighted by molar-refractivity contribution is -0.156. The number of carbonyl (C=O) groups is 2. The van der Waals surface area contributed by atoms with E-state index >= 15 is 0 Å². The highest BCUT2D eigenvalue weighted by Crippen LogP contribution is 2.40. The van der Waals surface area contributed by atoms with Crippen LogP contribution in [0.3, 0.4) is 0 Å². The molecule has 2 N–H and O–H groups in total. The second-order valence-corrected chi connectivity index (χ2v) is 12.1. The van der Waals surface area contributed by atoms with Crippen LogP contribution in [0.1, 0.15) is 66.7 Å². The normalized spacial score (nSPS) is 24.5. The molecule has 10 nitrogen and oxygen atoms in total. The van der Waals surface area contributed by atoms with Gasteiger partial charge < -0.3 is 20.3 Å². The van der Waals surface area contributed by atoms with E-state index < -0.39 is 5.60 Å². The second kappa shape index (κ2) is 11.2. The van der Waals surface area contributed by atoms with E-state index in [0.29, 0.717) is 18.3 Å². The fraction of sp³-hybridized carbons (Fsp3) is 0.655. The van der Waals surface area contributed by atoms with Gasteiger partial charge in [-0.15, -0.1) is 0 Å². The first-order valence-electron chi connectivity index (χ1n) is 14.5. The summed E-state index contributed by atoms with van der Waals surface area (Å²) in [7, 11) is 0. The Bertz CT molecular complexity index is 1130. The van der Waals surface area contributed by atoms with E-state index in [1.807, 2.05) is 44.9 Å². The summed E-state index contributed by atoms with van der Waals surface area (Å²) in [5.41, 5.74) is 1.71. The number of hydrogen-bond acceptors (Lipinski definition) is 9. The van der Waals surface area contributed by atoms with Crippen molar-refractivity contribution in [2.24, 2.45) is 10.9 Å². The van der Waals surface area contributed by atoms with Crippen molar-refractivity contribution >= 4 is 29.3 Å². The number of carbonyl (C=O) groups excluding carboxylic acids is 2. The minimum absolute atomic E-state index is 0.0709. The second-order valence-electron chi connectivity index (χ2n) is 12.1. The number of pyridine rings is 1. The van der Waals surface area contributed by atoms with E-state index in [2.05, 4.69) is 38.4 Å². The van der Waals surface area contributed by atoms with Crippen LogP contribution in [0.4, 0.5) is 11.5 Å². The average molecular weight is 538 g/mol. The molecule has 0 aromatic carbocycles. The van der Waals surface area contributed by atoms with Crippen molar-refractivity contribution in [2.45, 2.75) is 84.4 Å². The zero-order valence-corrected chi connectivity index (χ0v) is 24.0. The number of anilines is 2. The van der Waals surface area contributed by atoms with E-state index in [-0.39, 0.29) is 29.9 Å². The van der Waals surface area contributed by atoms with Gasteiger partial charge in [0.15, 0.2) is 0 Å². The molecular formula is C29H43N7O3. The van der Waals surface area contributed by atoms with Crippen LogP contribution in [-0.4, -0.2) is 83.0 Å². The zero-order chi connectivity index (χ0) is 27.7. The Kier molecular flexibility index (Phi) is 7.84. The fourth-order valence-electron chi connectivity index (χ4n) is 6.13. The standard InChI is InChI=1S/C29H43N7O3/c1-6-22-25-19(2)27(38)36(20-9-7-8-10-20)26(25)33-28(31-22)32-23-12-11-21(17-30-23)35-15-13-34(14-16-35)18-24(37)39-29(3,4)5/h11-12,17,19-20,22H,6-10,13-16,18H2,1-5H3,(H2,30,31,32,33)/t19?,22-/m1/s1. The van der Waals surface area contributed by atoms with Crippen molar-refractivity contribution in [1.82, 2.24) is 20.1 Å². The van der Waals surface area contributed by atoms with Gasteiger partial charge in [-0.3, -0.25) is 19.4 Å². The molecule has 10 heteroatoms. The molecule has 4 heterocycles. The van der Waals surface area contributed by atoms with Crippen molar-refractivity contribution in [3.05, 3.63) is 29.7 Å². The van der Waals surface area contributed by atoms with Crippen molar-refractivity contribution in [3.8, 4) is 0 Å². The van der Waals surface area contributed by atoms with Crippen LogP contribution < -0.4 is 15.5 Å². The van der Waals surface area contributed by atoms with Gasteiger partial charge >= 0.3 is 5.97 Å². The maximum atomic E-state index is 13.2. The monoisotopic (exact) mass is 537 g/mol. The average Bonchev–Trinajstić information content (AvgIpc) is 3.50. The van der Waals surface area contributed by atoms with Crippen LogP contribution in [0.15, 0.2) is 34.7 Å². The first-order valence-corrected chi connectivity index (χ1v) is 14.5. The third kappa shape index (κ3) is 6.05. The molecule has 5 rings (SSSR count). The lowest BCUT2D eigenvalue weighted by Gasteiger charge is -2.35. The Morgan fingerprint density at radius 3 is 2.49 bits per heavy atom. The predicted octanol–water partition coefficient (Wildman–Crippen LogP) is 3.33. The number of amides is 1. The quantitative estimate of drug-likeness (QED) is 0.533. The fourth-order valence-corrected chi connectivity index (χ4v) is 6.13. The van der Waals surface area contributed by atoms with Crippen molar-refractivity contribution < 1.29 is 14.3 Å². The number of aliphatic imine (C=N–C) groups is 1. The van der Waals surface area contributed by atoms with Crippen LogP contribution in [-0.2, 0) is 14.3 Å². The van der Waals surface area contributed by atoms with Crippen LogP contribution in [0.2, 0.25) is 0 Å². The molecule has 212 valence electrons. The minimum atomic E-state index is -0.460. The van der Waals surface area contributed by atoms with Crippen LogP contribution in [0.5, 0.6) is 0 Å². The maximum Gasteiger partial charge on any atom is 0.320 e. The van der Waals surface area contributed by atoms with E-state index in [4.69, 9.17) is 9.73 Å². The topological polar surface area (TPSA) is 102 Å². The molecule has 1 aromatic rings. The number of ether oxygens (including phenoxy) is 1. The molecule has 1 aliphatic carbocycles. The molecule has 1 saturated heterocycles. The Morgan fingerprint density at radius 2 is 1.87 bits per heavy atom. The summed E-state index contributed by atoms with van der Waals surface area (Å²) in [5, 5.41) is 6.86. The molecule has 1 aromatic heterocycles. The maximum absolute atomic E-state index is 13.2. The number of rotatable bonds is 6. The number of nitrogens with one attached hydrogen (secondary N) is 2. The summed E-state index contributed by atoms with van der Waals surface area (Å²) in [6.07, 6.45) is 7.20. The van der Waals surface area contributed by atoms with Crippen molar-refractivity contribution in [3.63, 3.8) is 0 Å². The van der Waals surface area contributed by atoms with E-state index in [0.717, 1.165) is 62.5 Å². The first-order chi connectivity index (χ1) is 18.6. The van der Waals surface area contributed by atoms with E-state index in [1.54, 1.807) is 0 Å². The summed E-state index contributed by atoms with van der Waals surface area (Å²) in [5.74, 6) is 2.06. The smallest absolute Gasteiger partial charge is 0.320 e. The van der Waals surface area contributed by atoms with Gasteiger partial charge in [0.2, 0.25) is 11.9 Å². The summed E-state index contributed by atoms with van der Waals surface area (Å²) < 4.78 is 5.46. The number of piperazine rings is 1. The molecule has 4 aliphatic rings. The van der Waals surface area contributed by atoms with Gasteiger partial charge in [0.1, 0.15) is 17.2 Å². The van der Waals surface area contributed by atoms with Gasteiger partial charge in [0.05, 0.1) is 30.4 Å². The minimum Gasteiger partial charge on any atom is -0.459 e. The van der Waals surface area contributed by atoms with Gasteiger partial charge in [-0.25, -0.2) is 4.98 Å². The molecular weight excluding hydrogens is 494 g/mol. The van der Waals surface area contributed by atoms with Gasteiger partial charge in [-0.1, -0.05) is 19.8 Å². The predicted molar refractivity (Wildman–Crippen MR) is 152 cm³/mol. The molecule has 2 atom stereocenters. The van der Waals surface area contributed by atoms with Gasteiger partial charge in [-0.05, 0) is 59.1 Å². The molecule has 0 spiro atoms. The highest BCUT2D eigenvalue weighted by atomic mass is 16.6. The molecule has 2 fully saturated rings. The van der Waals surface area contributed by atoms with Crippen molar-refractivity contribution in [2.75, 3.05) is 42.9 Å². The number of nitrogens with zero attached hydrogens (tertiary/aromatic N) is 5. The van der Waals surface area contributed by atoms with Crippen LogP contribution in [0, 0.1) is 5.92 Å². The Labute approximate surface area is 231 Å². The van der Waals surface area contributed by atoms with Gasteiger partial charge in [0, 0.05) is 37.8 Å². The largest absolute Gasteiger partial charge is 0.459 e. The summed E-state index contributed by atoms with van der Waals surface area (Å²) >= 11 is 0. The molecule has 1 saturated carbocycles. The lowest BCUT2D eigenvalue weighted by Crippen LogP contribution is -2.48. The molecule has 0 radical (unpaired) electrons. The third-order valence-corrected chi connectivity index (χ3v) is 8.07. The van der Waals surface area contributed by atoms with Gasteiger partial charge in [0.25, 0.3) is 0 Å². The zero-order valence-electron chi connectivity index (χ0n) is 24.0. The van der Waals surface area contributed by atoms with Crippen LogP contribution >= 0.6 is 0 Å². The summed E-state index contributed by atoms with van der Waals surface area (Å²) in [6, 6.07) is 4.36. The Hall–Kier alpha value is -3.14. The van der Waals surface area contributed by atoms with Crippen LogP contribution in [0.25, 0.3) is 0 Å². The first kappa shape index (κ1) is 27.4. The highest BCUT2D eigenvalue weighted by Gasteiger charge is 2.45. The number of guanidine groups is 1. The molecule has 1 unspecified atom stereocenters. The van der Waals surface area contributed by atoms with Crippen molar-refractivity contribution in [1.29, 1.82) is 0 Å². The number of hydrogen-bond donors (Lipinski definition) is 2. The molecule has 1 amide bonds. The van der Waals surface area contributed by atoms with Gasteiger partial charge in [-0.2, -0.15) is 4.99 Å². The summed E-state index contributed by atoms with van der Waals surface area (Å²) in [4.78, 5) is 41.4. The third-order valence-electron chi connectivity index (χ3n) is 8.07. The molecule has 0 bridgehead atoms. The summed E-state index contributed by atoms with van der Waals surface area (Å²) in [6.45, 7) is 13.4. The SMILES string of the molecule is CC[C@H]1NC(Nc2ccc(N3CCN(CC(=O)OC(C)(C)C)CC3)cn2)=NC2=C1C(C)C(=O)N2C1CCCC1. The molecule has 3 aliphatic heterocycles. The number of aromatic nitrogens is 1. The Morgan fingerprint density at radius 1 is 1.15 bits per heavy atom. The number of esters is 1. The van der Waals surface area contributed by atoms with E-state index in [1.165, 1.54) is 12.8 Å². The lowest BCUT2D eigenvalue weighted by atomic mass is 9.94. The molecule has 39 heavy (non-hydrogen) atoms.